The number of hydrogen-bond donors (Lipinski definition) is 0. The highest BCUT2D eigenvalue weighted by molar-refractivity contribution is 5.49. The predicted octanol–water partition coefficient (Wildman–Crippen LogP) is 4.88. The fraction of sp³-hybridized carbons (Fsp3) is 0.381. The van der Waals surface area contributed by atoms with Crippen LogP contribution in [0.4, 0.5) is 0 Å². The Morgan fingerprint density at radius 3 is 2.61 bits per heavy atom. The zero-order valence-electron chi connectivity index (χ0n) is 14.0. The zero-order valence-corrected chi connectivity index (χ0v) is 14.0. The van der Waals surface area contributed by atoms with Crippen molar-refractivity contribution in [3.8, 4) is 11.8 Å². The number of benzene rings is 2. The number of rotatable bonds is 4. The van der Waals surface area contributed by atoms with Crippen molar-refractivity contribution in [3.63, 3.8) is 0 Å². The fourth-order valence-corrected chi connectivity index (χ4v) is 3.89. The Morgan fingerprint density at radius 1 is 1.22 bits per heavy atom. The smallest absolute Gasteiger partial charge is 0.120 e. The molecule has 0 radical (unpaired) electrons. The maximum absolute atomic E-state index is 9.91. The van der Waals surface area contributed by atoms with E-state index in [1.807, 2.05) is 24.3 Å². The van der Waals surface area contributed by atoms with Crippen molar-refractivity contribution in [2.75, 3.05) is 0 Å². The summed E-state index contributed by atoms with van der Waals surface area (Å²) >= 11 is 0. The second-order valence-corrected chi connectivity index (χ2v) is 6.83. The molecule has 0 fully saturated rings. The summed E-state index contributed by atoms with van der Waals surface area (Å²) in [6.07, 6.45) is 0.972. The number of nitriles is 1. The topological polar surface area (TPSA) is 33.0 Å². The van der Waals surface area contributed by atoms with Crippen LogP contribution >= 0.6 is 0 Å². The van der Waals surface area contributed by atoms with Gasteiger partial charge in [0.05, 0.1) is 11.5 Å². The Bertz CT molecular complexity index is 729. The summed E-state index contributed by atoms with van der Waals surface area (Å²) in [6, 6.07) is 19.0. The van der Waals surface area contributed by atoms with Gasteiger partial charge in [0.1, 0.15) is 12.4 Å². The van der Waals surface area contributed by atoms with E-state index in [1.165, 1.54) is 5.56 Å². The van der Waals surface area contributed by atoms with Crippen molar-refractivity contribution in [1.29, 1.82) is 5.26 Å². The molecule has 0 N–H and O–H groups in total. The molecule has 2 heteroatoms. The summed E-state index contributed by atoms with van der Waals surface area (Å²) in [7, 11) is 0. The molecule has 2 atom stereocenters. The Balaban J connectivity index is 1.89. The maximum atomic E-state index is 9.91. The minimum absolute atomic E-state index is 0.285. The van der Waals surface area contributed by atoms with Crippen LogP contribution in [-0.2, 0) is 18.4 Å². The number of ether oxygens (including phenoxy) is 1. The van der Waals surface area contributed by atoms with E-state index in [0.717, 1.165) is 23.3 Å². The van der Waals surface area contributed by atoms with Gasteiger partial charge in [0.15, 0.2) is 0 Å². The van der Waals surface area contributed by atoms with Crippen LogP contribution in [0.3, 0.4) is 0 Å². The second kappa shape index (κ2) is 6.08. The molecule has 3 rings (SSSR count). The van der Waals surface area contributed by atoms with E-state index in [2.05, 4.69) is 51.1 Å². The molecule has 0 spiro atoms. The Kier molecular flexibility index (Phi) is 4.13. The Morgan fingerprint density at radius 2 is 1.96 bits per heavy atom. The average molecular weight is 305 g/mol. The lowest BCUT2D eigenvalue weighted by molar-refractivity contribution is 0.294. The van der Waals surface area contributed by atoms with Gasteiger partial charge in [0.2, 0.25) is 0 Å². The molecule has 0 saturated heterocycles. The summed E-state index contributed by atoms with van der Waals surface area (Å²) < 4.78 is 5.96. The average Bonchev–Trinajstić information content (AvgIpc) is 2.85. The van der Waals surface area contributed by atoms with Crippen LogP contribution in [0.25, 0.3) is 0 Å². The molecule has 0 aromatic heterocycles. The maximum Gasteiger partial charge on any atom is 0.120 e. The lowest BCUT2D eigenvalue weighted by Gasteiger charge is -2.31. The summed E-state index contributed by atoms with van der Waals surface area (Å²) in [5, 5.41) is 9.91. The standard InChI is InChI=1S/C21H23NO/c1-15(2)21(14-22)16(3)11-18-9-10-19(12-20(18)21)23-13-17-7-5-4-6-8-17/h4-10,12,15-16H,11,13H2,1-3H3/t16-,21+/m1/s1. The van der Waals surface area contributed by atoms with Crippen LogP contribution in [0, 0.1) is 23.2 Å². The van der Waals surface area contributed by atoms with Crippen LogP contribution in [0.1, 0.15) is 37.5 Å². The third-order valence-electron chi connectivity index (χ3n) is 5.17. The third kappa shape index (κ3) is 2.61. The van der Waals surface area contributed by atoms with E-state index < -0.39 is 5.41 Å². The van der Waals surface area contributed by atoms with Gasteiger partial charge in [-0.05, 0) is 47.1 Å². The van der Waals surface area contributed by atoms with Crippen molar-refractivity contribution in [3.05, 3.63) is 65.2 Å². The molecule has 0 saturated carbocycles. The highest BCUT2D eigenvalue weighted by Gasteiger charge is 2.47. The van der Waals surface area contributed by atoms with E-state index >= 15 is 0 Å². The third-order valence-corrected chi connectivity index (χ3v) is 5.17. The van der Waals surface area contributed by atoms with E-state index in [9.17, 15) is 5.26 Å². The van der Waals surface area contributed by atoms with Crippen molar-refractivity contribution >= 4 is 0 Å². The van der Waals surface area contributed by atoms with Gasteiger partial charge in [-0.3, -0.25) is 0 Å². The summed E-state index contributed by atoms with van der Waals surface area (Å²) in [5.74, 6) is 1.47. The molecule has 0 heterocycles. The first kappa shape index (κ1) is 15.6. The van der Waals surface area contributed by atoms with E-state index in [-0.39, 0.29) is 5.92 Å². The predicted molar refractivity (Wildman–Crippen MR) is 92.2 cm³/mol. The fourth-order valence-electron chi connectivity index (χ4n) is 3.89. The highest BCUT2D eigenvalue weighted by Crippen LogP contribution is 2.48. The van der Waals surface area contributed by atoms with Gasteiger partial charge in [-0.1, -0.05) is 57.2 Å². The first-order valence-electron chi connectivity index (χ1n) is 8.29. The molecule has 23 heavy (non-hydrogen) atoms. The Labute approximate surface area is 138 Å². The zero-order chi connectivity index (χ0) is 16.4. The normalized spacial score (nSPS) is 22.7. The molecule has 2 nitrogen and oxygen atoms in total. The molecular weight excluding hydrogens is 282 g/mol. The van der Waals surface area contributed by atoms with E-state index in [4.69, 9.17) is 4.74 Å². The quantitative estimate of drug-likeness (QED) is 0.807. The first-order chi connectivity index (χ1) is 11.1. The molecule has 118 valence electrons. The number of hydrogen-bond acceptors (Lipinski definition) is 2. The van der Waals surface area contributed by atoms with Crippen molar-refractivity contribution in [2.45, 2.75) is 39.2 Å². The van der Waals surface area contributed by atoms with Crippen molar-refractivity contribution < 1.29 is 4.74 Å². The molecule has 2 aromatic rings. The van der Waals surface area contributed by atoms with E-state index in [0.29, 0.717) is 12.5 Å². The number of nitrogens with zero attached hydrogens (tertiary/aromatic N) is 1. The minimum atomic E-state index is -0.401. The Hall–Kier alpha value is -2.27. The van der Waals surface area contributed by atoms with Crippen LogP contribution in [0.15, 0.2) is 48.5 Å². The molecule has 0 unspecified atom stereocenters. The molecule has 1 aliphatic rings. The molecular formula is C21H23NO. The summed E-state index contributed by atoms with van der Waals surface area (Å²) in [6.45, 7) is 7.03. The van der Waals surface area contributed by atoms with Crippen LogP contribution in [0.5, 0.6) is 5.75 Å². The summed E-state index contributed by atoms with van der Waals surface area (Å²) in [4.78, 5) is 0. The molecule has 2 aromatic carbocycles. The van der Waals surface area contributed by atoms with Gasteiger partial charge in [-0.15, -0.1) is 0 Å². The summed E-state index contributed by atoms with van der Waals surface area (Å²) in [5.41, 5.74) is 3.20. The van der Waals surface area contributed by atoms with Crippen LogP contribution in [-0.4, -0.2) is 0 Å². The SMILES string of the molecule is CC(C)[C@]1(C#N)c2cc(OCc3ccccc3)ccc2C[C@H]1C. The molecule has 1 aliphatic carbocycles. The van der Waals surface area contributed by atoms with Gasteiger partial charge >= 0.3 is 0 Å². The van der Waals surface area contributed by atoms with E-state index in [1.54, 1.807) is 0 Å². The molecule has 0 bridgehead atoms. The number of fused-ring (bicyclic) bond motifs is 1. The van der Waals surface area contributed by atoms with Crippen molar-refractivity contribution in [1.82, 2.24) is 0 Å². The first-order valence-corrected chi connectivity index (χ1v) is 8.29. The van der Waals surface area contributed by atoms with Gasteiger partial charge < -0.3 is 4.74 Å². The second-order valence-electron chi connectivity index (χ2n) is 6.83. The van der Waals surface area contributed by atoms with Gasteiger partial charge in [0.25, 0.3) is 0 Å². The highest BCUT2D eigenvalue weighted by atomic mass is 16.5. The monoisotopic (exact) mass is 305 g/mol. The lowest BCUT2D eigenvalue weighted by atomic mass is 9.69. The van der Waals surface area contributed by atoms with Crippen molar-refractivity contribution in [2.24, 2.45) is 11.8 Å². The van der Waals surface area contributed by atoms with Gasteiger partial charge in [-0.25, -0.2) is 0 Å². The minimum Gasteiger partial charge on any atom is -0.489 e. The van der Waals surface area contributed by atoms with Crippen LogP contribution in [0.2, 0.25) is 0 Å². The van der Waals surface area contributed by atoms with Gasteiger partial charge in [0, 0.05) is 0 Å². The van der Waals surface area contributed by atoms with Gasteiger partial charge in [-0.2, -0.15) is 5.26 Å². The molecule has 0 amide bonds. The largest absolute Gasteiger partial charge is 0.489 e. The molecule has 0 aliphatic heterocycles. The van der Waals surface area contributed by atoms with Crippen LogP contribution < -0.4 is 4.74 Å². The lowest BCUT2D eigenvalue weighted by Crippen LogP contribution is -2.34.